The number of amides is 2. The molecule has 2 rings (SSSR count). The Balaban J connectivity index is 2.00. The molecule has 118 valence electrons. The van der Waals surface area contributed by atoms with Crippen LogP contribution in [-0.4, -0.2) is 29.5 Å². The molecule has 1 aromatic carbocycles. The van der Waals surface area contributed by atoms with Gasteiger partial charge in [-0.1, -0.05) is 43.3 Å². The van der Waals surface area contributed by atoms with E-state index < -0.39 is 6.09 Å². The van der Waals surface area contributed by atoms with Gasteiger partial charge in [-0.3, -0.25) is 4.79 Å². The summed E-state index contributed by atoms with van der Waals surface area (Å²) in [5, 5.41) is 0. The molecular formula is C18H23NO3. The standard InChI is InChI=1S/C18H23NO3/c1-3-4-6-9-14(2)17(20)19-16(13-22-18(19)21)12-15-10-7-5-8-11-15/h3,5,7-8,10-11,14,16H,1,4,6,9,12-13H2,2H3/t14-,16-/m1/s1. The molecule has 1 aliphatic heterocycles. The van der Waals surface area contributed by atoms with E-state index in [1.54, 1.807) is 0 Å². The lowest BCUT2D eigenvalue weighted by molar-refractivity contribution is -0.133. The van der Waals surface area contributed by atoms with Crippen LogP contribution in [0.1, 0.15) is 31.7 Å². The van der Waals surface area contributed by atoms with Gasteiger partial charge in [-0.05, 0) is 31.2 Å². The maximum Gasteiger partial charge on any atom is 0.416 e. The fraction of sp³-hybridized carbons (Fsp3) is 0.444. The summed E-state index contributed by atoms with van der Waals surface area (Å²) in [4.78, 5) is 25.8. The molecule has 0 aliphatic carbocycles. The van der Waals surface area contributed by atoms with E-state index in [2.05, 4.69) is 6.58 Å². The Morgan fingerprint density at radius 3 is 2.86 bits per heavy atom. The van der Waals surface area contributed by atoms with Crippen molar-refractivity contribution in [3.8, 4) is 0 Å². The molecule has 0 N–H and O–H groups in total. The molecule has 1 saturated heterocycles. The van der Waals surface area contributed by atoms with Gasteiger partial charge in [-0.15, -0.1) is 6.58 Å². The number of imide groups is 1. The number of cyclic esters (lactones) is 1. The largest absolute Gasteiger partial charge is 0.447 e. The summed E-state index contributed by atoms with van der Waals surface area (Å²) in [6.07, 6.45) is 4.52. The molecule has 0 radical (unpaired) electrons. The molecule has 4 heteroatoms. The van der Waals surface area contributed by atoms with Crippen molar-refractivity contribution in [2.24, 2.45) is 5.92 Å². The molecule has 0 aromatic heterocycles. The van der Waals surface area contributed by atoms with Crippen molar-refractivity contribution in [2.45, 2.75) is 38.6 Å². The maximum atomic E-state index is 12.5. The number of rotatable bonds is 7. The summed E-state index contributed by atoms with van der Waals surface area (Å²) in [5.41, 5.74) is 1.10. The lowest BCUT2D eigenvalue weighted by Gasteiger charge is -2.23. The van der Waals surface area contributed by atoms with Crippen molar-refractivity contribution in [2.75, 3.05) is 6.61 Å². The van der Waals surface area contributed by atoms with Gasteiger partial charge in [0.05, 0.1) is 6.04 Å². The summed E-state index contributed by atoms with van der Waals surface area (Å²) >= 11 is 0. The zero-order valence-corrected chi connectivity index (χ0v) is 13.0. The second-order valence-corrected chi connectivity index (χ2v) is 5.75. The van der Waals surface area contributed by atoms with E-state index in [1.165, 1.54) is 4.90 Å². The van der Waals surface area contributed by atoms with Gasteiger partial charge in [0.15, 0.2) is 0 Å². The highest BCUT2D eigenvalue weighted by Gasteiger charge is 2.39. The second-order valence-electron chi connectivity index (χ2n) is 5.75. The van der Waals surface area contributed by atoms with Crippen LogP contribution in [0.4, 0.5) is 4.79 Å². The van der Waals surface area contributed by atoms with E-state index in [9.17, 15) is 9.59 Å². The number of unbranched alkanes of at least 4 members (excludes halogenated alkanes) is 1. The van der Waals surface area contributed by atoms with E-state index >= 15 is 0 Å². The maximum absolute atomic E-state index is 12.5. The lowest BCUT2D eigenvalue weighted by Crippen LogP contribution is -2.43. The predicted molar refractivity (Wildman–Crippen MR) is 85.3 cm³/mol. The molecule has 1 fully saturated rings. The number of carbonyl (C=O) groups excluding carboxylic acids is 2. The van der Waals surface area contributed by atoms with Gasteiger partial charge in [-0.2, -0.15) is 0 Å². The molecule has 0 bridgehead atoms. The molecule has 1 aromatic rings. The monoisotopic (exact) mass is 301 g/mol. The van der Waals surface area contributed by atoms with Gasteiger partial charge in [0, 0.05) is 5.92 Å². The first-order valence-corrected chi connectivity index (χ1v) is 7.78. The van der Waals surface area contributed by atoms with Gasteiger partial charge in [0.2, 0.25) is 5.91 Å². The van der Waals surface area contributed by atoms with E-state index in [1.807, 2.05) is 43.3 Å². The highest BCUT2D eigenvalue weighted by molar-refractivity contribution is 5.94. The highest BCUT2D eigenvalue weighted by atomic mass is 16.6. The van der Waals surface area contributed by atoms with Crippen molar-refractivity contribution in [3.63, 3.8) is 0 Å². The van der Waals surface area contributed by atoms with E-state index in [0.29, 0.717) is 6.42 Å². The van der Waals surface area contributed by atoms with Gasteiger partial charge < -0.3 is 4.74 Å². The van der Waals surface area contributed by atoms with Gasteiger partial charge >= 0.3 is 6.09 Å². The Kier molecular flexibility index (Phi) is 5.75. The molecule has 2 amide bonds. The van der Waals surface area contributed by atoms with Crippen molar-refractivity contribution >= 4 is 12.0 Å². The quantitative estimate of drug-likeness (QED) is 0.571. The Labute approximate surface area is 131 Å². The SMILES string of the molecule is C=CCCC[C@@H](C)C(=O)N1C(=O)OC[C@H]1Cc1ccccc1. The number of allylic oxidation sites excluding steroid dienone is 1. The van der Waals surface area contributed by atoms with Gasteiger partial charge in [0.25, 0.3) is 0 Å². The van der Waals surface area contributed by atoms with Crippen molar-refractivity contribution in [1.29, 1.82) is 0 Å². The van der Waals surface area contributed by atoms with E-state index in [-0.39, 0.29) is 24.5 Å². The number of hydrogen-bond acceptors (Lipinski definition) is 3. The minimum Gasteiger partial charge on any atom is -0.447 e. The number of ether oxygens (including phenoxy) is 1. The van der Waals surface area contributed by atoms with Crippen molar-refractivity contribution in [3.05, 3.63) is 48.6 Å². The van der Waals surface area contributed by atoms with Crippen LogP contribution < -0.4 is 0 Å². The summed E-state index contributed by atoms with van der Waals surface area (Å²) in [5.74, 6) is -0.309. The van der Waals surface area contributed by atoms with Crippen LogP contribution in [0.25, 0.3) is 0 Å². The highest BCUT2D eigenvalue weighted by Crippen LogP contribution is 2.21. The molecule has 4 nitrogen and oxygen atoms in total. The first kappa shape index (κ1) is 16.3. The average molecular weight is 301 g/mol. The molecular weight excluding hydrogens is 278 g/mol. The Hall–Kier alpha value is -2.10. The third kappa shape index (κ3) is 3.97. The van der Waals surface area contributed by atoms with Crippen LogP contribution >= 0.6 is 0 Å². The van der Waals surface area contributed by atoms with Crippen molar-refractivity contribution in [1.82, 2.24) is 4.90 Å². The summed E-state index contributed by atoms with van der Waals surface area (Å²) in [7, 11) is 0. The Morgan fingerprint density at radius 1 is 1.45 bits per heavy atom. The number of benzene rings is 1. The lowest BCUT2D eigenvalue weighted by atomic mass is 10.0. The normalized spacial score (nSPS) is 18.9. The van der Waals surface area contributed by atoms with Crippen LogP contribution in [0, 0.1) is 5.92 Å². The Morgan fingerprint density at radius 2 is 2.18 bits per heavy atom. The average Bonchev–Trinajstić information content (AvgIpc) is 2.88. The zero-order chi connectivity index (χ0) is 15.9. The number of hydrogen-bond donors (Lipinski definition) is 0. The Bertz CT molecular complexity index is 526. The molecule has 1 heterocycles. The third-order valence-electron chi connectivity index (χ3n) is 3.98. The fourth-order valence-electron chi connectivity index (χ4n) is 2.70. The molecule has 0 spiro atoms. The van der Waals surface area contributed by atoms with Crippen LogP contribution in [0.5, 0.6) is 0 Å². The third-order valence-corrected chi connectivity index (χ3v) is 3.98. The van der Waals surface area contributed by atoms with Gasteiger partial charge in [-0.25, -0.2) is 9.69 Å². The zero-order valence-electron chi connectivity index (χ0n) is 13.0. The van der Waals surface area contributed by atoms with Crippen LogP contribution in [0.2, 0.25) is 0 Å². The van der Waals surface area contributed by atoms with Crippen LogP contribution in [0.15, 0.2) is 43.0 Å². The topological polar surface area (TPSA) is 46.6 Å². The molecule has 22 heavy (non-hydrogen) atoms. The number of nitrogens with zero attached hydrogens (tertiary/aromatic N) is 1. The molecule has 0 unspecified atom stereocenters. The van der Waals surface area contributed by atoms with Gasteiger partial charge in [0.1, 0.15) is 6.61 Å². The molecule has 1 aliphatic rings. The van der Waals surface area contributed by atoms with Crippen molar-refractivity contribution < 1.29 is 14.3 Å². The summed E-state index contributed by atoms with van der Waals surface area (Å²) in [6, 6.07) is 9.65. The smallest absolute Gasteiger partial charge is 0.416 e. The fourth-order valence-corrected chi connectivity index (χ4v) is 2.70. The van der Waals surface area contributed by atoms with E-state index in [0.717, 1.165) is 24.8 Å². The first-order valence-electron chi connectivity index (χ1n) is 7.78. The van der Waals surface area contributed by atoms with Crippen LogP contribution in [0.3, 0.4) is 0 Å². The first-order chi connectivity index (χ1) is 10.6. The predicted octanol–water partition coefficient (Wildman–Crippen LogP) is 3.57. The van der Waals surface area contributed by atoms with Crippen LogP contribution in [-0.2, 0) is 16.0 Å². The minimum absolute atomic E-state index is 0.132. The van der Waals surface area contributed by atoms with E-state index in [4.69, 9.17) is 4.74 Å². The second kappa shape index (κ2) is 7.78. The summed E-state index contributed by atoms with van der Waals surface area (Å²) in [6.45, 7) is 5.83. The molecule has 2 atom stereocenters. The summed E-state index contributed by atoms with van der Waals surface area (Å²) < 4.78 is 5.10. The molecule has 0 saturated carbocycles. The minimum atomic E-state index is -0.512. The number of carbonyl (C=O) groups is 2.